The van der Waals surface area contributed by atoms with Crippen LogP contribution in [-0.2, 0) is 12.8 Å². The largest absolute Gasteiger partial charge is 0.395 e. The normalized spacial score (nSPS) is 13.4. The lowest BCUT2D eigenvalue weighted by Gasteiger charge is -2.13. The number of rotatable bonds is 4. The lowest BCUT2D eigenvalue weighted by atomic mass is 10.1. The number of thiophene rings is 1. The number of nitrogens with one attached hydrogen (secondary N) is 1. The van der Waals surface area contributed by atoms with E-state index in [0.29, 0.717) is 6.54 Å². The summed E-state index contributed by atoms with van der Waals surface area (Å²) in [5.74, 6) is 2.75. The highest BCUT2D eigenvalue weighted by atomic mass is 32.2. The van der Waals surface area contributed by atoms with Crippen molar-refractivity contribution in [1.29, 1.82) is 0 Å². The van der Waals surface area contributed by atoms with Crippen molar-refractivity contribution in [2.24, 2.45) is 0 Å². The first-order valence-electron chi connectivity index (χ1n) is 8.21. The molecule has 0 unspecified atom stereocenters. The highest BCUT2D eigenvalue weighted by Gasteiger charge is 2.24. The first kappa shape index (κ1) is 15.9. The van der Waals surface area contributed by atoms with Gasteiger partial charge in [0.05, 0.1) is 17.2 Å². The molecule has 1 aromatic carbocycles. The van der Waals surface area contributed by atoms with Crippen LogP contribution in [0.2, 0.25) is 0 Å². The Kier molecular flexibility index (Phi) is 4.43. The topological polar surface area (TPSA) is 58.0 Å². The second-order valence-corrected chi connectivity index (χ2v) is 7.83. The number of aliphatic hydroxyl groups excluding tert-OH is 1. The van der Waals surface area contributed by atoms with Gasteiger partial charge in [0, 0.05) is 39.3 Å². The molecule has 0 fully saturated rings. The molecule has 0 radical (unpaired) electrons. The summed E-state index contributed by atoms with van der Waals surface area (Å²) in [5.41, 5.74) is 2.25. The summed E-state index contributed by atoms with van der Waals surface area (Å²) >= 11 is 3.73. The van der Waals surface area contributed by atoms with Gasteiger partial charge in [0.25, 0.3) is 0 Å². The first-order valence-corrected chi connectivity index (χ1v) is 10.0. The Labute approximate surface area is 149 Å². The summed E-state index contributed by atoms with van der Waals surface area (Å²) in [7, 11) is 0. The molecule has 1 aliphatic heterocycles. The van der Waals surface area contributed by atoms with Gasteiger partial charge in [-0.15, -0.1) is 23.1 Å². The Bertz CT molecular complexity index is 891. The van der Waals surface area contributed by atoms with Gasteiger partial charge in [0.1, 0.15) is 11.6 Å². The van der Waals surface area contributed by atoms with Gasteiger partial charge < -0.3 is 10.4 Å². The Balaban J connectivity index is 1.95. The van der Waals surface area contributed by atoms with Crippen LogP contribution in [0.4, 0.5) is 5.82 Å². The van der Waals surface area contributed by atoms with Crippen LogP contribution in [-0.4, -0.2) is 34.0 Å². The SMILES string of the molecule is CCc1nc(NCCO)c2c(n1)-c1sc3ccccc3c1SCC2. The van der Waals surface area contributed by atoms with E-state index in [-0.39, 0.29) is 6.61 Å². The Morgan fingerprint density at radius 3 is 2.96 bits per heavy atom. The molecule has 2 aromatic heterocycles. The molecule has 1 aliphatic rings. The van der Waals surface area contributed by atoms with Crippen molar-refractivity contribution in [2.45, 2.75) is 24.7 Å². The van der Waals surface area contributed by atoms with Crippen molar-refractivity contribution in [2.75, 3.05) is 24.2 Å². The molecule has 0 aliphatic carbocycles. The molecule has 0 amide bonds. The van der Waals surface area contributed by atoms with Crippen molar-refractivity contribution in [3.05, 3.63) is 35.7 Å². The number of aliphatic hydroxyl groups is 1. The molecule has 0 saturated carbocycles. The van der Waals surface area contributed by atoms with E-state index in [2.05, 4.69) is 41.5 Å². The van der Waals surface area contributed by atoms with E-state index in [1.54, 1.807) is 0 Å². The number of fused-ring (bicyclic) bond motifs is 5. The summed E-state index contributed by atoms with van der Waals surface area (Å²) < 4.78 is 1.31. The zero-order valence-corrected chi connectivity index (χ0v) is 15.1. The van der Waals surface area contributed by atoms with Crippen molar-refractivity contribution in [1.82, 2.24) is 9.97 Å². The molecule has 0 saturated heterocycles. The molecule has 24 heavy (non-hydrogen) atoms. The second-order valence-electron chi connectivity index (χ2n) is 5.67. The maximum atomic E-state index is 9.16. The van der Waals surface area contributed by atoms with Crippen LogP contribution in [0.1, 0.15) is 18.3 Å². The van der Waals surface area contributed by atoms with E-state index >= 15 is 0 Å². The van der Waals surface area contributed by atoms with Gasteiger partial charge in [0.15, 0.2) is 0 Å². The molecular formula is C18H19N3OS2. The number of anilines is 1. The lowest BCUT2D eigenvalue weighted by Crippen LogP contribution is -2.12. The average molecular weight is 358 g/mol. The minimum absolute atomic E-state index is 0.100. The van der Waals surface area contributed by atoms with Gasteiger partial charge in [-0.25, -0.2) is 9.97 Å². The minimum Gasteiger partial charge on any atom is -0.395 e. The van der Waals surface area contributed by atoms with Crippen LogP contribution >= 0.6 is 23.1 Å². The molecule has 0 atom stereocenters. The standard InChI is InChI=1S/C18H19N3OS2/c1-2-14-20-15-12(18(21-14)19-8-9-22)7-10-23-16-11-5-3-4-6-13(11)24-17(15)16/h3-6,22H,2,7-10H2,1H3,(H,19,20,21). The third-order valence-electron chi connectivity index (χ3n) is 4.14. The van der Waals surface area contributed by atoms with Crippen LogP contribution in [0.25, 0.3) is 20.7 Å². The van der Waals surface area contributed by atoms with Crippen molar-refractivity contribution in [3.63, 3.8) is 0 Å². The molecular weight excluding hydrogens is 338 g/mol. The molecule has 0 spiro atoms. The predicted octanol–water partition coefficient (Wildman–Crippen LogP) is 3.97. The smallest absolute Gasteiger partial charge is 0.133 e. The van der Waals surface area contributed by atoms with Gasteiger partial charge in [-0.05, 0) is 12.5 Å². The van der Waals surface area contributed by atoms with Crippen LogP contribution in [0, 0.1) is 0 Å². The third kappa shape index (κ3) is 2.68. The Morgan fingerprint density at radius 1 is 1.25 bits per heavy atom. The summed E-state index contributed by atoms with van der Waals surface area (Å²) in [6.45, 7) is 2.69. The van der Waals surface area contributed by atoms with E-state index in [0.717, 1.165) is 35.9 Å². The van der Waals surface area contributed by atoms with Gasteiger partial charge in [-0.1, -0.05) is 25.1 Å². The summed E-state index contributed by atoms with van der Waals surface area (Å²) in [6, 6.07) is 8.58. The average Bonchev–Trinajstić information content (AvgIpc) is 2.89. The fourth-order valence-corrected chi connectivity index (χ4v) is 5.56. The number of aromatic nitrogens is 2. The van der Waals surface area contributed by atoms with Crippen LogP contribution in [0.3, 0.4) is 0 Å². The third-order valence-corrected chi connectivity index (χ3v) is 6.57. The van der Waals surface area contributed by atoms with Gasteiger partial charge >= 0.3 is 0 Å². The van der Waals surface area contributed by atoms with Gasteiger partial charge in [-0.2, -0.15) is 0 Å². The highest BCUT2D eigenvalue weighted by Crippen LogP contribution is 2.47. The number of aryl methyl sites for hydroxylation is 1. The number of benzene rings is 1. The first-order chi connectivity index (χ1) is 11.8. The lowest BCUT2D eigenvalue weighted by molar-refractivity contribution is 0.311. The minimum atomic E-state index is 0.100. The second kappa shape index (κ2) is 6.70. The molecule has 2 N–H and O–H groups in total. The maximum Gasteiger partial charge on any atom is 0.133 e. The van der Waals surface area contributed by atoms with E-state index in [4.69, 9.17) is 10.1 Å². The summed E-state index contributed by atoms with van der Waals surface area (Å²) in [5, 5.41) is 13.8. The maximum absolute atomic E-state index is 9.16. The Morgan fingerprint density at radius 2 is 2.12 bits per heavy atom. The molecule has 3 aromatic rings. The number of nitrogens with zero attached hydrogens (tertiary/aromatic N) is 2. The molecule has 6 heteroatoms. The van der Waals surface area contributed by atoms with Gasteiger partial charge in [0.2, 0.25) is 0 Å². The van der Waals surface area contributed by atoms with E-state index < -0.39 is 0 Å². The zero-order chi connectivity index (χ0) is 16.5. The summed E-state index contributed by atoms with van der Waals surface area (Å²) in [6.07, 6.45) is 1.74. The molecule has 4 nitrogen and oxygen atoms in total. The fourth-order valence-electron chi connectivity index (χ4n) is 3.01. The molecule has 124 valence electrons. The fraction of sp³-hybridized carbons (Fsp3) is 0.333. The summed E-state index contributed by atoms with van der Waals surface area (Å²) in [4.78, 5) is 12.2. The van der Waals surface area contributed by atoms with Crippen molar-refractivity contribution < 1.29 is 5.11 Å². The molecule has 0 bridgehead atoms. The monoisotopic (exact) mass is 357 g/mol. The van der Waals surface area contributed by atoms with E-state index in [9.17, 15) is 0 Å². The van der Waals surface area contributed by atoms with Crippen LogP contribution in [0.5, 0.6) is 0 Å². The predicted molar refractivity (Wildman–Crippen MR) is 102 cm³/mol. The van der Waals surface area contributed by atoms with Crippen molar-refractivity contribution >= 4 is 39.0 Å². The van der Waals surface area contributed by atoms with Gasteiger partial charge in [-0.3, -0.25) is 0 Å². The quantitative estimate of drug-likeness (QED) is 0.740. The zero-order valence-electron chi connectivity index (χ0n) is 13.5. The Hall–Kier alpha value is -1.63. The molecule has 3 heterocycles. The number of hydrogen-bond donors (Lipinski definition) is 2. The number of hydrogen-bond acceptors (Lipinski definition) is 6. The van der Waals surface area contributed by atoms with Crippen LogP contribution < -0.4 is 5.32 Å². The highest BCUT2D eigenvalue weighted by molar-refractivity contribution is 7.99. The molecule has 4 rings (SSSR count). The number of thioether (sulfide) groups is 1. The van der Waals surface area contributed by atoms with E-state index in [1.807, 2.05) is 23.1 Å². The van der Waals surface area contributed by atoms with Crippen molar-refractivity contribution in [3.8, 4) is 10.6 Å². The van der Waals surface area contributed by atoms with Crippen LogP contribution in [0.15, 0.2) is 29.2 Å². The van der Waals surface area contributed by atoms with E-state index in [1.165, 1.54) is 25.4 Å².